The third kappa shape index (κ3) is 3.63. The number of carbonyl (C=O) groups excluding carboxylic acids is 1. The Morgan fingerprint density at radius 3 is 2.93 bits per heavy atom. The van der Waals surface area contributed by atoms with Crippen LogP contribution >= 0.6 is 0 Å². The monoisotopic (exact) mass is 211 g/mol. The number of nitrogens with one attached hydrogen (secondary N) is 1. The second-order valence-corrected chi connectivity index (χ2v) is 3.41. The van der Waals surface area contributed by atoms with Crippen molar-refractivity contribution < 1.29 is 9.18 Å². The number of rotatable bonds is 4. The van der Waals surface area contributed by atoms with E-state index in [0.717, 1.165) is 6.20 Å². The molecular formula is C10H14FN3O. The molecule has 4 nitrogen and oxygen atoms in total. The molecule has 1 amide bonds. The molecule has 1 atom stereocenters. The minimum Gasteiger partial charge on any atom is -0.350 e. The highest BCUT2D eigenvalue weighted by atomic mass is 19.1. The van der Waals surface area contributed by atoms with E-state index in [-0.39, 0.29) is 17.5 Å². The molecule has 1 aromatic heterocycles. The SMILES string of the molecule is CC(CN)CNC(=O)c1ccc(F)cn1. The van der Waals surface area contributed by atoms with Crippen LogP contribution in [0.2, 0.25) is 0 Å². The molecule has 0 aliphatic heterocycles. The van der Waals surface area contributed by atoms with Crippen molar-refractivity contribution in [3.63, 3.8) is 0 Å². The van der Waals surface area contributed by atoms with Crippen LogP contribution in [0.4, 0.5) is 4.39 Å². The maximum atomic E-state index is 12.5. The number of hydrogen-bond donors (Lipinski definition) is 2. The first-order valence-electron chi connectivity index (χ1n) is 4.73. The van der Waals surface area contributed by atoms with Gasteiger partial charge >= 0.3 is 0 Å². The summed E-state index contributed by atoms with van der Waals surface area (Å²) in [5.41, 5.74) is 5.61. The summed E-state index contributed by atoms with van der Waals surface area (Å²) in [7, 11) is 0. The van der Waals surface area contributed by atoms with E-state index in [4.69, 9.17) is 5.73 Å². The zero-order valence-electron chi connectivity index (χ0n) is 8.53. The topological polar surface area (TPSA) is 68.0 Å². The molecule has 0 saturated heterocycles. The average Bonchev–Trinajstić information content (AvgIpc) is 2.26. The number of carbonyl (C=O) groups is 1. The molecule has 1 rings (SSSR count). The molecule has 0 fully saturated rings. The van der Waals surface area contributed by atoms with Gasteiger partial charge in [0.2, 0.25) is 0 Å². The van der Waals surface area contributed by atoms with Gasteiger partial charge in [0, 0.05) is 6.54 Å². The van der Waals surface area contributed by atoms with Gasteiger partial charge in [-0.25, -0.2) is 9.37 Å². The predicted octanol–water partition coefficient (Wildman–Crippen LogP) is 0.545. The quantitative estimate of drug-likeness (QED) is 0.764. The number of nitrogens with zero attached hydrogens (tertiary/aromatic N) is 1. The van der Waals surface area contributed by atoms with Crippen LogP contribution < -0.4 is 11.1 Å². The van der Waals surface area contributed by atoms with E-state index in [1.165, 1.54) is 12.1 Å². The zero-order valence-corrected chi connectivity index (χ0v) is 8.53. The lowest BCUT2D eigenvalue weighted by molar-refractivity contribution is 0.0943. The fraction of sp³-hybridized carbons (Fsp3) is 0.400. The summed E-state index contributed by atoms with van der Waals surface area (Å²) in [5.74, 6) is -0.549. The molecule has 0 aromatic carbocycles. The molecule has 1 aromatic rings. The van der Waals surface area contributed by atoms with Crippen LogP contribution in [0.15, 0.2) is 18.3 Å². The van der Waals surface area contributed by atoms with Gasteiger partial charge < -0.3 is 11.1 Å². The number of hydrogen-bond acceptors (Lipinski definition) is 3. The minimum absolute atomic E-state index is 0.209. The third-order valence-corrected chi connectivity index (χ3v) is 1.97. The van der Waals surface area contributed by atoms with Crippen molar-refractivity contribution in [3.05, 3.63) is 29.8 Å². The van der Waals surface area contributed by atoms with Gasteiger partial charge in [-0.15, -0.1) is 0 Å². The van der Waals surface area contributed by atoms with Crippen LogP contribution in [-0.4, -0.2) is 24.0 Å². The van der Waals surface area contributed by atoms with Crippen LogP contribution in [-0.2, 0) is 0 Å². The van der Waals surface area contributed by atoms with Crippen molar-refractivity contribution in [1.29, 1.82) is 0 Å². The maximum Gasteiger partial charge on any atom is 0.269 e. The highest BCUT2D eigenvalue weighted by Gasteiger charge is 2.07. The molecule has 0 bridgehead atoms. The van der Waals surface area contributed by atoms with E-state index in [1.54, 1.807) is 0 Å². The molecule has 1 heterocycles. The van der Waals surface area contributed by atoms with Crippen molar-refractivity contribution in [3.8, 4) is 0 Å². The van der Waals surface area contributed by atoms with Crippen molar-refractivity contribution in [2.24, 2.45) is 11.7 Å². The standard InChI is InChI=1S/C10H14FN3O/c1-7(4-12)5-14-10(15)9-3-2-8(11)6-13-9/h2-3,6-7H,4-5,12H2,1H3,(H,14,15). The van der Waals surface area contributed by atoms with E-state index in [2.05, 4.69) is 10.3 Å². The third-order valence-electron chi connectivity index (χ3n) is 1.97. The first-order valence-corrected chi connectivity index (χ1v) is 4.73. The summed E-state index contributed by atoms with van der Waals surface area (Å²) in [6, 6.07) is 2.55. The first kappa shape index (κ1) is 11.6. The Labute approximate surface area is 87.7 Å². The van der Waals surface area contributed by atoms with Crippen LogP contribution in [0.1, 0.15) is 17.4 Å². The van der Waals surface area contributed by atoms with E-state index in [0.29, 0.717) is 13.1 Å². The van der Waals surface area contributed by atoms with E-state index in [1.807, 2.05) is 6.92 Å². The lowest BCUT2D eigenvalue weighted by Crippen LogP contribution is -2.31. The largest absolute Gasteiger partial charge is 0.350 e. The fourth-order valence-corrected chi connectivity index (χ4v) is 0.951. The maximum absolute atomic E-state index is 12.5. The molecule has 0 aliphatic carbocycles. The Bertz CT molecular complexity index is 326. The van der Waals surface area contributed by atoms with Gasteiger partial charge in [-0.3, -0.25) is 4.79 Å². The van der Waals surface area contributed by atoms with Crippen molar-refractivity contribution in [1.82, 2.24) is 10.3 Å². The smallest absolute Gasteiger partial charge is 0.269 e. The fourth-order valence-electron chi connectivity index (χ4n) is 0.951. The minimum atomic E-state index is -0.457. The number of amides is 1. The van der Waals surface area contributed by atoms with Gasteiger partial charge in [0.05, 0.1) is 6.20 Å². The van der Waals surface area contributed by atoms with Gasteiger partial charge in [0.15, 0.2) is 0 Å². The summed E-state index contributed by atoms with van der Waals surface area (Å²) >= 11 is 0. The van der Waals surface area contributed by atoms with Crippen LogP contribution in [0.25, 0.3) is 0 Å². The molecular weight excluding hydrogens is 197 g/mol. The van der Waals surface area contributed by atoms with Gasteiger partial charge in [-0.2, -0.15) is 0 Å². The van der Waals surface area contributed by atoms with Crippen molar-refractivity contribution in [2.45, 2.75) is 6.92 Å². The summed E-state index contributed by atoms with van der Waals surface area (Å²) in [5, 5.41) is 2.67. The molecule has 1 unspecified atom stereocenters. The normalized spacial score (nSPS) is 12.2. The van der Waals surface area contributed by atoms with Crippen molar-refractivity contribution in [2.75, 3.05) is 13.1 Å². The number of aromatic nitrogens is 1. The molecule has 82 valence electrons. The molecule has 3 N–H and O–H groups in total. The van der Waals surface area contributed by atoms with E-state index >= 15 is 0 Å². The van der Waals surface area contributed by atoms with Gasteiger partial charge in [0.1, 0.15) is 11.5 Å². The van der Waals surface area contributed by atoms with Crippen LogP contribution in [0, 0.1) is 11.7 Å². The van der Waals surface area contributed by atoms with Gasteiger partial charge in [-0.1, -0.05) is 6.92 Å². The highest BCUT2D eigenvalue weighted by Crippen LogP contribution is 1.98. The molecule has 15 heavy (non-hydrogen) atoms. The Morgan fingerprint density at radius 1 is 1.67 bits per heavy atom. The molecule has 5 heteroatoms. The average molecular weight is 211 g/mol. The van der Waals surface area contributed by atoms with E-state index in [9.17, 15) is 9.18 Å². The number of halogens is 1. The Morgan fingerprint density at radius 2 is 2.40 bits per heavy atom. The summed E-state index contributed by atoms with van der Waals surface area (Å²) in [6.07, 6.45) is 1.02. The van der Waals surface area contributed by atoms with Gasteiger partial charge in [0.25, 0.3) is 5.91 Å². The highest BCUT2D eigenvalue weighted by molar-refractivity contribution is 5.92. The van der Waals surface area contributed by atoms with Crippen LogP contribution in [0.3, 0.4) is 0 Å². The first-order chi connectivity index (χ1) is 7.13. The Balaban J connectivity index is 2.50. The molecule has 0 spiro atoms. The molecule has 0 aliphatic rings. The second kappa shape index (κ2) is 5.41. The van der Waals surface area contributed by atoms with Crippen molar-refractivity contribution >= 4 is 5.91 Å². The summed E-state index contributed by atoms with van der Waals surface area (Å²) < 4.78 is 12.5. The Kier molecular flexibility index (Phi) is 4.17. The zero-order chi connectivity index (χ0) is 11.3. The van der Waals surface area contributed by atoms with Gasteiger partial charge in [-0.05, 0) is 24.6 Å². The van der Waals surface area contributed by atoms with Crippen LogP contribution in [0.5, 0.6) is 0 Å². The lowest BCUT2D eigenvalue weighted by atomic mass is 10.2. The number of nitrogens with two attached hydrogens (primary N) is 1. The molecule has 0 radical (unpaired) electrons. The summed E-state index contributed by atoms with van der Waals surface area (Å²) in [6.45, 7) is 2.93. The lowest BCUT2D eigenvalue weighted by Gasteiger charge is -2.09. The number of pyridine rings is 1. The molecule has 0 saturated carbocycles. The predicted molar refractivity (Wildman–Crippen MR) is 54.7 cm³/mol. The Hall–Kier alpha value is -1.49. The van der Waals surface area contributed by atoms with E-state index < -0.39 is 5.82 Å². The summed E-state index contributed by atoms with van der Waals surface area (Å²) in [4.78, 5) is 15.1. The second-order valence-electron chi connectivity index (χ2n) is 3.41.